The second-order valence-electron chi connectivity index (χ2n) is 16.7. The molecule has 0 saturated carbocycles. The largest absolute Gasteiger partial charge is 0.417 e. The Bertz CT molecular complexity index is 3970. The molecule has 12 rings (SSSR count). The Balaban J connectivity index is 1.16. The first-order valence-corrected chi connectivity index (χ1v) is 22.2. The van der Waals surface area contributed by atoms with Crippen LogP contribution in [-0.2, 0) is 6.18 Å². The van der Waals surface area contributed by atoms with E-state index in [1.165, 1.54) is 12.1 Å². The summed E-state index contributed by atoms with van der Waals surface area (Å²) in [6.07, 6.45) is -1.18. The van der Waals surface area contributed by atoms with E-state index in [1.807, 2.05) is 132 Å². The average Bonchev–Trinajstić information content (AvgIpc) is 3.90. The molecule has 4 aromatic heterocycles. The summed E-state index contributed by atoms with van der Waals surface area (Å²) >= 11 is 0. The fourth-order valence-electron chi connectivity index (χ4n) is 9.88. The number of fused-ring (bicyclic) bond motifs is 6. The van der Waals surface area contributed by atoms with Crippen LogP contribution in [0.15, 0.2) is 219 Å². The third kappa shape index (κ3) is 6.71. The molecule has 0 aliphatic rings. The maximum atomic E-state index is 15.8. The summed E-state index contributed by atoms with van der Waals surface area (Å²) in [4.78, 5) is 13.2. The molecule has 0 bridgehead atoms. The quantitative estimate of drug-likeness (QED) is 0.150. The van der Waals surface area contributed by atoms with Gasteiger partial charge in [-0.05, 0) is 89.0 Å². The van der Waals surface area contributed by atoms with Crippen LogP contribution in [0.1, 0.15) is 5.56 Å². The van der Waals surface area contributed by atoms with E-state index in [-0.39, 0.29) is 11.3 Å². The van der Waals surface area contributed by atoms with Gasteiger partial charge in [0.15, 0.2) is 5.69 Å². The monoisotopic (exact) mass is 883 g/mol. The van der Waals surface area contributed by atoms with Crippen LogP contribution in [0.5, 0.6) is 0 Å². The van der Waals surface area contributed by atoms with E-state index in [4.69, 9.17) is 16.5 Å². The summed E-state index contributed by atoms with van der Waals surface area (Å²) < 4.78 is 51.6. The van der Waals surface area contributed by atoms with E-state index < -0.39 is 11.7 Å². The molecule has 0 radical (unpaired) electrons. The molecule has 0 N–H and O–H groups in total. The number of pyridine rings is 2. The van der Waals surface area contributed by atoms with Gasteiger partial charge in [-0.15, -0.1) is 0 Å². The van der Waals surface area contributed by atoms with Gasteiger partial charge in [-0.3, -0.25) is 9.97 Å². The average molecular weight is 884 g/mol. The van der Waals surface area contributed by atoms with E-state index in [0.29, 0.717) is 16.9 Å². The SMILES string of the molecule is [C-]#[N+]c1cccc(-c2cc(-n3c4ccccc4c4cc(-c5cccnc5-c5ccccc5)ccc43)c(-n3c4ccccc4c4cc(-c5cccnc5-c5ccccc5)ccc43)cc2C(F)(F)F)c1. The van der Waals surface area contributed by atoms with Crippen molar-refractivity contribution in [3.05, 3.63) is 236 Å². The minimum absolute atomic E-state index is 0.0276. The van der Waals surface area contributed by atoms with Gasteiger partial charge in [0.2, 0.25) is 0 Å². The van der Waals surface area contributed by atoms with E-state index in [2.05, 4.69) is 51.9 Å². The zero-order chi connectivity index (χ0) is 45.9. The first kappa shape index (κ1) is 40.4. The second-order valence-corrected chi connectivity index (χ2v) is 16.7. The Hall–Kier alpha value is -9.06. The van der Waals surface area contributed by atoms with E-state index in [1.54, 1.807) is 36.7 Å². The summed E-state index contributed by atoms with van der Waals surface area (Å²) in [5.74, 6) is 0. The van der Waals surface area contributed by atoms with E-state index >= 15 is 13.2 Å². The maximum absolute atomic E-state index is 15.8. The van der Waals surface area contributed by atoms with Gasteiger partial charge >= 0.3 is 6.18 Å². The minimum atomic E-state index is -4.76. The van der Waals surface area contributed by atoms with Crippen molar-refractivity contribution in [1.29, 1.82) is 0 Å². The van der Waals surface area contributed by atoms with Crippen molar-refractivity contribution in [3.8, 4) is 67.3 Å². The highest BCUT2D eigenvalue weighted by atomic mass is 19.4. The molecule has 8 aromatic carbocycles. The number of nitrogens with zero attached hydrogens (tertiary/aromatic N) is 5. The summed E-state index contributed by atoms with van der Waals surface area (Å²) in [6, 6.07) is 65.8. The van der Waals surface area contributed by atoms with Crippen LogP contribution in [0, 0.1) is 6.57 Å². The molecule has 0 atom stereocenters. The predicted octanol–water partition coefficient (Wildman–Crippen LogP) is 16.6. The standard InChI is InChI=1S/C60H36F3N5/c1-64-43-20-12-19-40(33-43)48-36-56(67-52-25-10-8-21-46(52)49-34-41(27-29-54(49)67)44-23-13-31-65-58(44)38-15-4-2-5-16-38)57(37-51(48)60(61,62)63)68-53-26-11-9-22-47(53)50-35-42(28-30-55(50)68)45-24-14-32-66-59(45)39-17-6-3-7-18-39/h2-37H. The summed E-state index contributed by atoms with van der Waals surface area (Å²) in [6.45, 7) is 7.75. The van der Waals surface area contributed by atoms with Crippen molar-refractivity contribution in [1.82, 2.24) is 19.1 Å². The molecular formula is C60H36F3N5. The number of rotatable bonds is 7. The summed E-state index contributed by atoms with van der Waals surface area (Å²) in [5, 5.41) is 3.64. The van der Waals surface area contributed by atoms with Gasteiger partial charge in [0.1, 0.15) is 0 Å². The first-order chi connectivity index (χ1) is 33.3. The van der Waals surface area contributed by atoms with Crippen molar-refractivity contribution in [2.75, 3.05) is 0 Å². The zero-order valence-corrected chi connectivity index (χ0v) is 36.2. The molecule has 0 spiro atoms. The number of para-hydroxylation sites is 2. The van der Waals surface area contributed by atoms with Gasteiger partial charge in [0.05, 0.1) is 57.0 Å². The predicted molar refractivity (Wildman–Crippen MR) is 269 cm³/mol. The maximum Gasteiger partial charge on any atom is 0.417 e. The third-order valence-corrected chi connectivity index (χ3v) is 12.9. The Labute approximate surface area is 389 Å². The molecule has 0 amide bonds. The molecular weight excluding hydrogens is 848 g/mol. The van der Waals surface area contributed by atoms with Crippen LogP contribution >= 0.6 is 0 Å². The Kier molecular flexibility index (Phi) is 9.59. The molecule has 0 saturated heterocycles. The fourth-order valence-corrected chi connectivity index (χ4v) is 9.88. The van der Waals surface area contributed by atoms with Gasteiger partial charge < -0.3 is 9.13 Å². The lowest BCUT2D eigenvalue weighted by Crippen LogP contribution is -2.12. The highest BCUT2D eigenvalue weighted by Gasteiger charge is 2.36. The molecule has 0 unspecified atom stereocenters. The zero-order valence-electron chi connectivity index (χ0n) is 36.2. The molecule has 4 heterocycles. The molecule has 8 heteroatoms. The molecule has 322 valence electrons. The number of halogens is 3. The molecule has 68 heavy (non-hydrogen) atoms. The Morgan fingerprint density at radius 1 is 0.382 bits per heavy atom. The third-order valence-electron chi connectivity index (χ3n) is 12.9. The molecule has 0 aliphatic carbocycles. The highest BCUT2D eigenvalue weighted by Crippen LogP contribution is 2.46. The van der Waals surface area contributed by atoms with Crippen molar-refractivity contribution >= 4 is 49.3 Å². The van der Waals surface area contributed by atoms with Gasteiger partial charge in [-0.1, -0.05) is 140 Å². The van der Waals surface area contributed by atoms with Crippen LogP contribution < -0.4 is 0 Å². The molecule has 5 nitrogen and oxygen atoms in total. The van der Waals surface area contributed by atoms with E-state index in [0.717, 1.165) is 88.4 Å². The minimum Gasteiger partial charge on any atom is -0.307 e. The smallest absolute Gasteiger partial charge is 0.307 e. The molecule has 0 fully saturated rings. The van der Waals surface area contributed by atoms with Crippen LogP contribution in [0.25, 0.3) is 116 Å². The Morgan fingerprint density at radius 2 is 0.838 bits per heavy atom. The number of hydrogen-bond donors (Lipinski definition) is 0. The van der Waals surface area contributed by atoms with Crippen molar-refractivity contribution in [3.63, 3.8) is 0 Å². The van der Waals surface area contributed by atoms with E-state index in [9.17, 15) is 0 Å². The van der Waals surface area contributed by atoms with Crippen molar-refractivity contribution in [2.45, 2.75) is 6.18 Å². The summed E-state index contributed by atoms with van der Waals surface area (Å²) in [5.41, 5.74) is 11.2. The van der Waals surface area contributed by atoms with Crippen molar-refractivity contribution < 1.29 is 13.2 Å². The van der Waals surface area contributed by atoms with Gasteiger partial charge in [0, 0.05) is 56.2 Å². The van der Waals surface area contributed by atoms with Crippen LogP contribution in [0.2, 0.25) is 0 Å². The summed E-state index contributed by atoms with van der Waals surface area (Å²) in [7, 11) is 0. The van der Waals surface area contributed by atoms with Crippen LogP contribution in [0.3, 0.4) is 0 Å². The number of benzene rings is 8. The Morgan fingerprint density at radius 3 is 1.35 bits per heavy atom. The normalized spacial score (nSPS) is 11.7. The lowest BCUT2D eigenvalue weighted by atomic mass is 9.96. The molecule has 12 aromatic rings. The number of alkyl halides is 3. The van der Waals surface area contributed by atoms with Crippen molar-refractivity contribution in [2.24, 2.45) is 0 Å². The lowest BCUT2D eigenvalue weighted by molar-refractivity contribution is -0.137. The first-order valence-electron chi connectivity index (χ1n) is 22.2. The molecule has 0 aliphatic heterocycles. The number of aromatic nitrogens is 4. The van der Waals surface area contributed by atoms with Crippen LogP contribution in [0.4, 0.5) is 18.9 Å². The van der Waals surface area contributed by atoms with Crippen LogP contribution in [-0.4, -0.2) is 19.1 Å². The van der Waals surface area contributed by atoms with Gasteiger partial charge in [-0.2, -0.15) is 13.2 Å². The lowest BCUT2D eigenvalue weighted by Gasteiger charge is -2.22. The van der Waals surface area contributed by atoms with Gasteiger partial charge in [-0.25, -0.2) is 4.85 Å². The second kappa shape index (κ2) is 16.1. The van der Waals surface area contributed by atoms with Gasteiger partial charge in [0.25, 0.3) is 0 Å². The fraction of sp³-hybridized carbons (Fsp3) is 0.0167. The number of hydrogen-bond acceptors (Lipinski definition) is 2. The highest BCUT2D eigenvalue weighted by molar-refractivity contribution is 6.13. The topological polar surface area (TPSA) is 40.0 Å².